The molecule has 1 aromatic heterocycles. The minimum atomic E-state index is -0.572. The summed E-state index contributed by atoms with van der Waals surface area (Å²) in [6, 6.07) is 4.54. The van der Waals surface area contributed by atoms with Gasteiger partial charge in [0, 0.05) is 12.0 Å². The molecule has 30 heavy (non-hydrogen) atoms. The van der Waals surface area contributed by atoms with Gasteiger partial charge in [0.2, 0.25) is 0 Å². The molecular weight excluding hydrogens is 406 g/mol. The Morgan fingerprint density at radius 2 is 2.20 bits per heavy atom. The maximum absolute atomic E-state index is 13.7. The summed E-state index contributed by atoms with van der Waals surface area (Å²) in [6.07, 6.45) is 5.74. The number of ether oxygens (including phenoxy) is 1. The predicted octanol–water partition coefficient (Wildman–Crippen LogP) is 3.26. The largest absolute Gasteiger partial charge is 0.376 e. The van der Waals surface area contributed by atoms with Gasteiger partial charge in [0.1, 0.15) is 6.04 Å². The topological polar surface area (TPSA) is 84.1 Å². The maximum atomic E-state index is 13.7. The second-order valence-electron chi connectivity index (χ2n) is 8.77. The van der Waals surface area contributed by atoms with Gasteiger partial charge >= 0.3 is 0 Å². The lowest BCUT2D eigenvalue weighted by atomic mass is 10.0. The summed E-state index contributed by atoms with van der Waals surface area (Å²) in [6.45, 7) is 3.33. The number of amides is 1. The zero-order valence-corrected chi connectivity index (χ0v) is 17.4. The molecule has 1 saturated heterocycles. The molecule has 3 unspecified atom stereocenters. The molecule has 1 saturated carbocycles. The lowest BCUT2D eigenvalue weighted by Gasteiger charge is -2.40. The van der Waals surface area contributed by atoms with Crippen molar-refractivity contribution in [3.63, 3.8) is 0 Å². The van der Waals surface area contributed by atoms with Crippen LogP contribution in [-0.4, -0.2) is 47.7 Å². The Balaban J connectivity index is 1.38. The number of anilines is 2. The van der Waals surface area contributed by atoms with Crippen LogP contribution in [0.1, 0.15) is 50.4 Å². The molecule has 4 heterocycles. The van der Waals surface area contributed by atoms with Crippen LogP contribution in [0, 0.1) is 0 Å². The Hall–Kier alpha value is -2.45. The van der Waals surface area contributed by atoms with E-state index in [2.05, 4.69) is 22.1 Å². The van der Waals surface area contributed by atoms with Gasteiger partial charge in [0.05, 0.1) is 35.4 Å². The lowest BCUT2D eigenvalue weighted by molar-refractivity contribution is -0.120. The van der Waals surface area contributed by atoms with E-state index in [0.29, 0.717) is 29.0 Å². The van der Waals surface area contributed by atoms with Crippen molar-refractivity contribution >= 4 is 35.2 Å². The third-order valence-corrected chi connectivity index (χ3v) is 6.93. The number of carbonyl (C=O) groups is 1. The van der Waals surface area contributed by atoms with Gasteiger partial charge in [0.25, 0.3) is 11.8 Å². The predicted molar refractivity (Wildman–Crippen MR) is 111 cm³/mol. The van der Waals surface area contributed by atoms with Crippen LogP contribution in [0.15, 0.2) is 27.7 Å². The molecule has 156 valence electrons. The van der Waals surface area contributed by atoms with Crippen molar-refractivity contribution < 1.29 is 14.1 Å². The highest BCUT2D eigenvalue weighted by atomic mass is 35.5. The SMILES string of the molecule is CC1(c2noc(C3N=CN4c5cccc(Cl)c5N(CC5CCCO5)C(=O)C34)n2)CC1. The van der Waals surface area contributed by atoms with E-state index in [9.17, 15) is 4.79 Å². The number of aromatic nitrogens is 2. The first-order valence-corrected chi connectivity index (χ1v) is 10.8. The molecule has 4 aliphatic rings. The van der Waals surface area contributed by atoms with Crippen LogP contribution in [0.2, 0.25) is 5.02 Å². The van der Waals surface area contributed by atoms with Gasteiger partial charge in [-0.1, -0.05) is 29.7 Å². The zero-order valence-electron chi connectivity index (χ0n) is 16.6. The van der Waals surface area contributed by atoms with Crippen molar-refractivity contribution in [1.29, 1.82) is 0 Å². The Bertz CT molecular complexity index is 1040. The third-order valence-electron chi connectivity index (χ3n) is 6.63. The molecule has 1 aliphatic carbocycles. The maximum Gasteiger partial charge on any atom is 0.254 e. The number of rotatable bonds is 4. The van der Waals surface area contributed by atoms with Gasteiger partial charge < -0.3 is 19.1 Å². The van der Waals surface area contributed by atoms with Crippen LogP contribution in [0.4, 0.5) is 11.4 Å². The number of halogens is 1. The fourth-order valence-electron chi connectivity index (χ4n) is 4.55. The lowest BCUT2D eigenvalue weighted by Crippen LogP contribution is -2.54. The molecule has 0 N–H and O–H groups in total. The molecule has 3 atom stereocenters. The van der Waals surface area contributed by atoms with E-state index in [4.69, 9.17) is 20.9 Å². The zero-order chi connectivity index (χ0) is 20.5. The molecule has 8 nitrogen and oxygen atoms in total. The van der Waals surface area contributed by atoms with E-state index in [1.54, 1.807) is 11.2 Å². The Morgan fingerprint density at radius 1 is 1.33 bits per heavy atom. The van der Waals surface area contributed by atoms with Crippen LogP contribution < -0.4 is 9.80 Å². The molecule has 1 amide bonds. The normalized spacial score (nSPS) is 28.7. The molecule has 2 fully saturated rings. The van der Waals surface area contributed by atoms with Gasteiger partial charge in [-0.2, -0.15) is 4.98 Å². The Morgan fingerprint density at radius 3 is 2.97 bits per heavy atom. The fourth-order valence-corrected chi connectivity index (χ4v) is 4.82. The first kappa shape index (κ1) is 18.3. The van der Waals surface area contributed by atoms with Crippen LogP contribution in [0.25, 0.3) is 0 Å². The smallest absolute Gasteiger partial charge is 0.254 e. The summed E-state index contributed by atoms with van der Waals surface area (Å²) in [5.74, 6) is 1.01. The number of benzene rings is 1. The van der Waals surface area contributed by atoms with Gasteiger partial charge in [-0.3, -0.25) is 9.79 Å². The summed E-state index contributed by atoms with van der Waals surface area (Å²) in [4.78, 5) is 26.6. The highest BCUT2D eigenvalue weighted by molar-refractivity contribution is 6.35. The molecule has 3 aliphatic heterocycles. The summed E-state index contributed by atoms with van der Waals surface area (Å²) in [5, 5.41) is 4.71. The number of aliphatic imine (C=N–C) groups is 1. The highest BCUT2D eigenvalue weighted by Gasteiger charge is 2.50. The van der Waals surface area contributed by atoms with Crippen LogP contribution in [0.5, 0.6) is 0 Å². The van der Waals surface area contributed by atoms with Crippen molar-refractivity contribution in [2.75, 3.05) is 23.0 Å². The van der Waals surface area contributed by atoms with Crippen molar-refractivity contribution in [2.45, 2.75) is 56.2 Å². The second kappa shape index (κ2) is 6.52. The van der Waals surface area contributed by atoms with Crippen molar-refractivity contribution in [3.8, 4) is 0 Å². The van der Waals surface area contributed by atoms with Crippen LogP contribution >= 0.6 is 11.6 Å². The number of hydrogen-bond acceptors (Lipinski definition) is 7. The number of hydrogen-bond donors (Lipinski definition) is 0. The van der Waals surface area contributed by atoms with E-state index in [1.807, 2.05) is 23.1 Å². The van der Waals surface area contributed by atoms with Crippen molar-refractivity contribution in [3.05, 3.63) is 34.9 Å². The number of nitrogens with zero attached hydrogens (tertiary/aromatic N) is 5. The summed E-state index contributed by atoms with van der Waals surface area (Å²) >= 11 is 6.55. The van der Waals surface area contributed by atoms with E-state index >= 15 is 0 Å². The molecule has 0 spiro atoms. The molecular formula is C21H22ClN5O3. The van der Waals surface area contributed by atoms with E-state index in [-0.39, 0.29) is 17.4 Å². The number of para-hydroxylation sites is 1. The summed E-state index contributed by atoms with van der Waals surface area (Å²) < 4.78 is 11.4. The quantitative estimate of drug-likeness (QED) is 0.744. The van der Waals surface area contributed by atoms with Crippen molar-refractivity contribution in [1.82, 2.24) is 10.1 Å². The molecule has 0 radical (unpaired) electrons. The molecule has 9 heteroatoms. The first-order valence-electron chi connectivity index (χ1n) is 10.4. The van der Waals surface area contributed by atoms with Crippen LogP contribution in [-0.2, 0) is 14.9 Å². The van der Waals surface area contributed by atoms with Crippen molar-refractivity contribution in [2.24, 2.45) is 4.99 Å². The first-order chi connectivity index (χ1) is 14.5. The van der Waals surface area contributed by atoms with Gasteiger partial charge in [-0.25, -0.2) is 0 Å². The Labute approximate surface area is 178 Å². The molecule has 0 bridgehead atoms. The van der Waals surface area contributed by atoms with Gasteiger partial charge in [-0.15, -0.1) is 0 Å². The third kappa shape index (κ3) is 2.70. The minimum absolute atomic E-state index is 0.00764. The van der Waals surface area contributed by atoms with E-state index < -0.39 is 12.1 Å². The average molecular weight is 428 g/mol. The van der Waals surface area contributed by atoms with Gasteiger partial charge in [0.15, 0.2) is 11.9 Å². The number of fused-ring (bicyclic) bond motifs is 3. The molecule has 6 rings (SSSR count). The number of carbonyl (C=O) groups excluding carboxylic acids is 1. The Kier molecular flexibility index (Phi) is 3.98. The monoisotopic (exact) mass is 427 g/mol. The van der Waals surface area contributed by atoms with E-state index in [0.717, 1.165) is 38.0 Å². The van der Waals surface area contributed by atoms with Gasteiger partial charge in [-0.05, 0) is 37.8 Å². The van der Waals surface area contributed by atoms with E-state index in [1.165, 1.54) is 0 Å². The average Bonchev–Trinajstić information content (AvgIpc) is 3.22. The minimum Gasteiger partial charge on any atom is -0.376 e. The summed E-state index contributed by atoms with van der Waals surface area (Å²) in [5.41, 5.74) is 1.55. The summed E-state index contributed by atoms with van der Waals surface area (Å²) in [7, 11) is 0. The van der Waals surface area contributed by atoms with Crippen LogP contribution in [0.3, 0.4) is 0 Å². The molecule has 1 aromatic carbocycles. The standard InChI is InChI=1S/C21H22ClN5O3/c1-21(7-8-21)20-24-18(30-25-20)15-17-19(28)26(10-12-4-3-9-29-12)16-13(22)5-2-6-14(16)27(17)11-23-15/h2,5-6,11-12,15,17H,3-4,7-10H2,1H3. The molecule has 2 aromatic rings. The second-order valence-corrected chi connectivity index (χ2v) is 9.18. The highest BCUT2D eigenvalue weighted by Crippen LogP contribution is 2.48. The fraction of sp³-hybridized carbons (Fsp3) is 0.524.